The number of hydrogen-bond donors (Lipinski definition) is 2. The Bertz CT molecular complexity index is 1080. The van der Waals surface area contributed by atoms with E-state index in [1.54, 1.807) is 61.5 Å². The zero-order chi connectivity index (χ0) is 19.4. The van der Waals surface area contributed by atoms with E-state index in [1.165, 1.54) is 12.1 Å². The topological polar surface area (TPSA) is 75.3 Å². The lowest BCUT2D eigenvalue weighted by Gasteiger charge is -2.13. The Morgan fingerprint density at radius 2 is 1.56 bits per heavy atom. The number of nitrogens with one attached hydrogen (secondary N) is 2. The molecule has 7 heteroatoms. The number of carbonyl (C=O) groups excluding carboxylic acids is 1. The van der Waals surface area contributed by atoms with Gasteiger partial charge in [-0.05, 0) is 55.0 Å². The molecule has 0 aliphatic carbocycles. The van der Waals surface area contributed by atoms with Gasteiger partial charge in [-0.1, -0.05) is 41.9 Å². The molecule has 0 atom stereocenters. The van der Waals surface area contributed by atoms with Gasteiger partial charge in [-0.25, -0.2) is 8.42 Å². The predicted molar refractivity (Wildman–Crippen MR) is 108 cm³/mol. The molecule has 0 saturated heterocycles. The Balaban J connectivity index is 1.82. The average molecular weight is 401 g/mol. The van der Waals surface area contributed by atoms with Crippen LogP contribution in [0, 0.1) is 6.92 Å². The summed E-state index contributed by atoms with van der Waals surface area (Å²) in [7, 11) is -3.80. The molecule has 2 N–H and O–H groups in total. The van der Waals surface area contributed by atoms with Crippen LogP contribution in [-0.2, 0) is 10.0 Å². The number of para-hydroxylation sites is 1. The Hall–Kier alpha value is -2.83. The van der Waals surface area contributed by atoms with Gasteiger partial charge in [-0.15, -0.1) is 0 Å². The third-order valence-electron chi connectivity index (χ3n) is 3.91. The van der Waals surface area contributed by atoms with Crippen molar-refractivity contribution < 1.29 is 13.2 Å². The predicted octanol–water partition coefficient (Wildman–Crippen LogP) is 4.70. The minimum atomic E-state index is -3.80. The van der Waals surface area contributed by atoms with Crippen LogP contribution in [-0.4, -0.2) is 14.3 Å². The van der Waals surface area contributed by atoms with Crippen LogP contribution in [0.1, 0.15) is 15.9 Å². The number of aryl methyl sites for hydroxylation is 1. The van der Waals surface area contributed by atoms with E-state index < -0.39 is 10.0 Å². The lowest BCUT2D eigenvalue weighted by Crippen LogP contribution is -2.15. The zero-order valence-electron chi connectivity index (χ0n) is 14.4. The van der Waals surface area contributed by atoms with Gasteiger partial charge in [-0.3, -0.25) is 9.52 Å². The van der Waals surface area contributed by atoms with Crippen molar-refractivity contribution in [3.05, 3.63) is 88.9 Å². The first-order valence-corrected chi connectivity index (χ1v) is 9.97. The number of rotatable bonds is 5. The Labute approximate surface area is 163 Å². The fourth-order valence-corrected chi connectivity index (χ4v) is 3.88. The van der Waals surface area contributed by atoms with Crippen molar-refractivity contribution in [3.63, 3.8) is 0 Å². The molecule has 0 aliphatic heterocycles. The highest BCUT2D eigenvalue weighted by Gasteiger charge is 2.17. The zero-order valence-corrected chi connectivity index (χ0v) is 16.0. The largest absolute Gasteiger partial charge is 0.322 e. The van der Waals surface area contributed by atoms with Crippen LogP contribution in [0.25, 0.3) is 0 Å². The molecule has 0 heterocycles. The fraction of sp³-hybridized carbons (Fsp3) is 0.0500. The Kier molecular flexibility index (Phi) is 5.48. The van der Waals surface area contributed by atoms with Gasteiger partial charge in [0.2, 0.25) is 0 Å². The molecule has 138 valence electrons. The van der Waals surface area contributed by atoms with Crippen molar-refractivity contribution in [1.82, 2.24) is 0 Å². The molecule has 0 unspecified atom stereocenters. The lowest BCUT2D eigenvalue weighted by atomic mass is 10.1. The van der Waals surface area contributed by atoms with Gasteiger partial charge in [0.05, 0.1) is 15.6 Å². The Morgan fingerprint density at radius 1 is 0.889 bits per heavy atom. The maximum absolute atomic E-state index is 12.6. The first-order valence-electron chi connectivity index (χ1n) is 8.11. The van der Waals surface area contributed by atoms with E-state index >= 15 is 0 Å². The highest BCUT2D eigenvalue weighted by atomic mass is 35.5. The van der Waals surface area contributed by atoms with Crippen molar-refractivity contribution in [2.75, 3.05) is 10.0 Å². The van der Waals surface area contributed by atoms with Gasteiger partial charge < -0.3 is 5.32 Å². The van der Waals surface area contributed by atoms with E-state index in [2.05, 4.69) is 10.0 Å². The highest BCUT2D eigenvalue weighted by Crippen LogP contribution is 2.26. The monoisotopic (exact) mass is 400 g/mol. The number of halogens is 1. The number of anilines is 2. The molecule has 0 bridgehead atoms. The third kappa shape index (κ3) is 4.48. The molecule has 0 fully saturated rings. The van der Waals surface area contributed by atoms with Crippen LogP contribution in [0.5, 0.6) is 0 Å². The fourth-order valence-electron chi connectivity index (χ4n) is 2.48. The standard InChI is InChI=1S/C20H17ClN2O3S/c1-14-13-16(27(25,26)23-19-10-6-5-9-17(19)21)11-12-18(14)22-20(24)15-7-3-2-4-8-15/h2-13,23H,1H3,(H,22,24). The second-order valence-corrected chi connectivity index (χ2v) is 7.97. The van der Waals surface area contributed by atoms with Crippen LogP contribution in [0.3, 0.4) is 0 Å². The van der Waals surface area contributed by atoms with E-state index in [0.717, 1.165) is 0 Å². The Morgan fingerprint density at radius 3 is 2.22 bits per heavy atom. The van der Waals surface area contributed by atoms with Crippen LogP contribution < -0.4 is 10.0 Å². The number of hydrogen-bond acceptors (Lipinski definition) is 3. The summed E-state index contributed by atoms with van der Waals surface area (Å²) in [5.41, 5.74) is 1.99. The summed E-state index contributed by atoms with van der Waals surface area (Å²) in [5.74, 6) is -0.261. The molecule has 3 rings (SSSR count). The summed E-state index contributed by atoms with van der Waals surface area (Å²) >= 11 is 6.02. The molecular formula is C20H17ClN2O3S. The van der Waals surface area contributed by atoms with E-state index in [1.807, 2.05) is 6.07 Å². The van der Waals surface area contributed by atoms with Crippen molar-refractivity contribution in [2.45, 2.75) is 11.8 Å². The first-order chi connectivity index (χ1) is 12.9. The normalized spacial score (nSPS) is 11.0. The molecule has 0 spiro atoms. The summed E-state index contributed by atoms with van der Waals surface area (Å²) in [6.07, 6.45) is 0. The van der Waals surface area contributed by atoms with Crippen LogP contribution >= 0.6 is 11.6 Å². The van der Waals surface area contributed by atoms with Gasteiger partial charge in [-0.2, -0.15) is 0 Å². The second kappa shape index (κ2) is 7.82. The molecule has 27 heavy (non-hydrogen) atoms. The third-order valence-corrected chi connectivity index (χ3v) is 5.60. The van der Waals surface area contributed by atoms with E-state index in [4.69, 9.17) is 11.6 Å². The van der Waals surface area contributed by atoms with Gasteiger partial charge in [0, 0.05) is 11.3 Å². The SMILES string of the molecule is Cc1cc(S(=O)(=O)Nc2ccccc2Cl)ccc1NC(=O)c1ccccc1. The quantitative estimate of drug-likeness (QED) is 0.651. The number of sulfonamides is 1. The van der Waals surface area contributed by atoms with Crippen LogP contribution in [0.15, 0.2) is 77.7 Å². The van der Waals surface area contributed by atoms with Crippen molar-refractivity contribution in [3.8, 4) is 0 Å². The molecule has 0 radical (unpaired) electrons. The molecule has 3 aromatic carbocycles. The highest BCUT2D eigenvalue weighted by molar-refractivity contribution is 7.92. The maximum Gasteiger partial charge on any atom is 0.261 e. The van der Waals surface area contributed by atoms with Gasteiger partial charge >= 0.3 is 0 Å². The smallest absolute Gasteiger partial charge is 0.261 e. The number of benzene rings is 3. The van der Waals surface area contributed by atoms with Crippen LogP contribution in [0.2, 0.25) is 5.02 Å². The van der Waals surface area contributed by atoms with Crippen molar-refractivity contribution in [2.24, 2.45) is 0 Å². The summed E-state index contributed by atoms with van der Waals surface area (Å²) < 4.78 is 27.7. The summed E-state index contributed by atoms with van der Waals surface area (Å²) in [5, 5.41) is 3.10. The summed E-state index contributed by atoms with van der Waals surface area (Å²) in [6.45, 7) is 1.73. The average Bonchev–Trinajstić information content (AvgIpc) is 2.65. The molecule has 0 saturated carbocycles. The van der Waals surface area contributed by atoms with E-state index in [0.29, 0.717) is 27.5 Å². The minimum Gasteiger partial charge on any atom is -0.322 e. The molecule has 5 nitrogen and oxygen atoms in total. The number of amides is 1. The lowest BCUT2D eigenvalue weighted by molar-refractivity contribution is 0.102. The number of carbonyl (C=O) groups is 1. The maximum atomic E-state index is 12.6. The van der Waals surface area contributed by atoms with Gasteiger partial charge in [0.1, 0.15) is 0 Å². The van der Waals surface area contributed by atoms with Crippen LogP contribution in [0.4, 0.5) is 11.4 Å². The second-order valence-electron chi connectivity index (χ2n) is 5.88. The summed E-state index contributed by atoms with van der Waals surface area (Å²) in [6, 6.07) is 19.9. The van der Waals surface area contributed by atoms with Crippen molar-refractivity contribution in [1.29, 1.82) is 0 Å². The molecule has 0 aliphatic rings. The first kappa shape index (κ1) is 18.9. The summed E-state index contributed by atoms with van der Waals surface area (Å²) in [4.78, 5) is 12.4. The van der Waals surface area contributed by atoms with E-state index in [-0.39, 0.29) is 10.8 Å². The van der Waals surface area contributed by atoms with Gasteiger partial charge in [0.25, 0.3) is 15.9 Å². The van der Waals surface area contributed by atoms with Crippen molar-refractivity contribution >= 4 is 38.9 Å². The molecule has 3 aromatic rings. The van der Waals surface area contributed by atoms with Gasteiger partial charge in [0.15, 0.2) is 0 Å². The molecule has 1 amide bonds. The molecular weight excluding hydrogens is 384 g/mol. The minimum absolute atomic E-state index is 0.0811. The molecule has 0 aromatic heterocycles. The van der Waals surface area contributed by atoms with E-state index in [9.17, 15) is 13.2 Å².